The van der Waals surface area contributed by atoms with Crippen LogP contribution in [0.25, 0.3) is 93.2 Å². The van der Waals surface area contributed by atoms with Crippen molar-refractivity contribution in [1.82, 2.24) is 0 Å². The predicted molar refractivity (Wildman–Crippen MR) is 268 cm³/mol. The monoisotopic (exact) mass is 814 g/mol. The molecule has 0 saturated heterocycles. The van der Waals surface area contributed by atoms with Gasteiger partial charge in [0.25, 0.3) is 0 Å². The lowest BCUT2D eigenvalue weighted by Gasteiger charge is -2.18. The number of rotatable bonds is 7. The molecule has 0 saturated carbocycles. The van der Waals surface area contributed by atoms with Gasteiger partial charge in [0, 0.05) is 22.9 Å². The molecule has 1 aliphatic carbocycles. The molecule has 0 aliphatic heterocycles. The molecule has 0 amide bonds. The van der Waals surface area contributed by atoms with E-state index in [1.54, 1.807) is 0 Å². The van der Waals surface area contributed by atoms with Crippen molar-refractivity contribution in [3.8, 4) is 66.8 Å². The molecule has 1 aliphatic rings. The van der Waals surface area contributed by atoms with Gasteiger partial charge in [0.05, 0.1) is 6.57 Å². The zero-order chi connectivity index (χ0) is 43.0. The molecule has 0 aromatic heterocycles. The van der Waals surface area contributed by atoms with E-state index in [0.717, 1.165) is 60.8 Å². The minimum atomic E-state index is 0.126. The van der Waals surface area contributed by atoms with Gasteiger partial charge in [-0.1, -0.05) is 206 Å². The van der Waals surface area contributed by atoms with E-state index in [0.29, 0.717) is 17.1 Å². The standard InChI is InChI=1S/C60H38N4/c1-62-56-31-15-30-53(47-24-8-7-20-45(47)38-63-60(64-59(61)40-17-3-2-4-18-40)44-33-32-39-16-5-6-19-41(39)36-44)58(56)52-27-12-9-23-46(52)42-21-13-22-43(37-42)48-34-35-55-50-26-11-10-25-49(50)54-29-14-28-51(48)57(54)55/h2-38,61H. The Morgan fingerprint density at radius 1 is 0.438 bits per heavy atom. The van der Waals surface area contributed by atoms with Crippen LogP contribution >= 0.6 is 0 Å². The normalized spacial score (nSPS) is 11.8. The summed E-state index contributed by atoms with van der Waals surface area (Å²) in [5.74, 6) is 0.556. The third kappa shape index (κ3) is 6.79. The van der Waals surface area contributed by atoms with Gasteiger partial charge in [-0.15, -0.1) is 0 Å². The highest BCUT2D eigenvalue weighted by Gasteiger charge is 2.23. The molecular formula is C60H38N4. The second kappa shape index (κ2) is 16.2. The maximum absolute atomic E-state index is 8.94. The van der Waals surface area contributed by atoms with E-state index >= 15 is 0 Å². The molecule has 11 rings (SSSR count). The van der Waals surface area contributed by atoms with Crippen LogP contribution in [0.2, 0.25) is 0 Å². The van der Waals surface area contributed by atoms with Crippen molar-refractivity contribution in [3.05, 3.63) is 246 Å². The number of amidine groups is 2. The van der Waals surface area contributed by atoms with Crippen molar-refractivity contribution in [3.63, 3.8) is 0 Å². The summed E-state index contributed by atoms with van der Waals surface area (Å²) in [4.78, 5) is 14.0. The third-order valence-corrected chi connectivity index (χ3v) is 12.2. The summed E-state index contributed by atoms with van der Waals surface area (Å²) in [6, 6.07) is 75.0. The van der Waals surface area contributed by atoms with Gasteiger partial charge in [0.1, 0.15) is 0 Å². The van der Waals surface area contributed by atoms with Crippen molar-refractivity contribution >= 4 is 45.1 Å². The Balaban J connectivity index is 1.01. The second-order valence-electron chi connectivity index (χ2n) is 15.9. The number of aliphatic imine (C=N–C) groups is 2. The molecule has 4 nitrogen and oxygen atoms in total. The lowest BCUT2D eigenvalue weighted by atomic mass is 9.86. The highest BCUT2D eigenvalue weighted by atomic mass is 14.9. The molecule has 0 unspecified atom stereocenters. The summed E-state index contributed by atoms with van der Waals surface area (Å²) in [6.07, 6.45) is 1.84. The van der Waals surface area contributed by atoms with E-state index in [4.69, 9.17) is 22.0 Å². The van der Waals surface area contributed by atoms with Gasteiger partial charge in [-0.2, -0.15) is 0 Å². The summed E-state index contributed by atoms with van der Waals surface area (Å²) >= 11 is 0. The fraction of sp³-hybridized carbons (Fsp3) is 0. The van der Waals surface area contributed by atoms with Gasteiger partial charge in [-0.05, 0) is 100 Å². The minimum Gasteiger partial charge on any atom is -0.282 e. The maximum atomic E-state index is 8.94. The van der Waals surface area contributed by atoms with Gasteiger partial charge in [0.15, 0.2) is 17.4 Å². The highest BCUT2D eigenvalue weighted by Crippen LogP contribution is 2.50. The quantitative estimate of drug-likeness (QED) is 0.0947. The molecule has 64 heavy (non-hydrogen) atoms. The Hall–Kier alpha value is -8.78. The fourth-order valence-electron chi connectivity index (χ4n) is 9.26. The number of benzene rings is 10. The number of fused-ring (bicyclic) bond motifs is 4. The number of nitrogens with zero attached hydrogens (tertiary/aromatic N) is 3. The number of nitrogens with one attached hydrogen (secondary N) is 1. The third-order valence-electron chi connectivity index (χ3n) is 12.2. The Labute approximate surface area is 372 Å². The van der Waals surface area contributed by atoms with Crippen LogP contribution in [-0.4, -0.2) is 17.9 Å². The molecule has 10 aromatic rings. The lowest BCUT2D eigenvalue weighted by Crippen LogP contribution is -2.05. The average Bonchev–Trinajstić information content (AvgIpc) is 3.69. The van der Waals surface area contributed by atoms with E-state index < -0.39 is 0 Å². The molecule has 4 heteroatoms. The summed E-state index contributed by atoms with van der Waals surface area (Å²) in [7, 11) is 0. The van der Waals surface area contributed by atoms with E-state index in [2.05, 4.69) is 144 Å². The molecule has 0 spiro atoms. The Kier molecular flexibility index (Phi) is 9.69. The zero-order valence-corrected chi connectivity index (χ0v) is 34.7. The molecule has 0 heterocycles. The lowest BCUT2D eigenvalue weighted by molar-refractivity contribution is 1.40. The van der Waals surface area contributed by atoms with Crippen molar-refractivity contribution in [2.75, 3.05) is 0 Å². The first-order valence-corrected chi connectivity index (χ1v) is 21.3. The smallest absolute Gasteiger partial charge is 0.195 e. The first-order valence-electron chi connectivity index (χ1n) is 21.3. The number of hydrogen-bond donors (Lipinski definition) is 1. The topological polar surface area (TPSA) is 52.9 Å². The van der Waals surface area contributed by atoms with Crippen LogP contribution in [0.5, 0.6) is 0 Å². The van der Waals surface area contributed by atoms with Gasteiger partial charge in [0.2, 0.25) is 0 Å². The van der Waals surface area contributed by atoms with Crippen LogP contribution in [0.1, 0.15) is 16.7 Å². The maximum Gasteiger partial charge on any atom is 0.195 e. The average molecular weight is 815 g/mol. The summed E-state index contributed by atoms with van der Waals surface area (Å²) in [5.41, 5.74) is 16.2. The van der Waals surface area contributed by atoms with Gasteiger partial charge < -0.3 is 0 Å². The molecular weight excluding hydrogens is 777 g/mol. The van der Waals surface area contributed by atoms with Crippen molar-refractivity contribution in [1.29, 1.82) is 5.41 Å². The number of hydrogen-bond acceptors (Lipinski definition) is 1. The largest absolute Gasteiger partial charge is 0.282 e. The van der Waals surface area contributed by atoms with Crippen LogP contribution in [0.15, 0.2) is 228 Å². The first kappa shape index (κ1) is 38.2. The highest BCUT2D eigenvalue weighted by molar-refractivity contribution is 6.19. The Bertz CT molecular complexity index is 3560. The van der Waals surface area contributed by atoms with Gasteiger partial charge in [-0.3, -0.25) is 5.41 Å². The van der Waals surface area contributed by atoms with E-state index in [9.17, 15) is 0 Å². The molecule has 298 valence electrons. The zero-order valence-electron chi connectivity index (χ0n) is 34.7. The molecule has 10 aromatic carbocycles. The van der Waals surface area contributed by atoms with Crippen molar-refractivity contribution in [2.24, 2.45) is 9.98 Å². The van der Waals surface area contributed by atoms with Crippen molar-refractivity contribution < 1.29 is 0 Å². The van der Waals surface area contributed by atoms with Crippen LogP contribution in [-0.2, 0) is 0 Å². The minimum absolute atomic E-state index is 0.126. The van der Waals surface area contributed by atoms with Crippen LogP contribution in [0.3, 0.4) is 0 Å². The van der Waals surface area contributed by atoms with Crippen LogP contribution in [0.4, 0.5) is 5.69 Å². The molecule has 0 fully saturated rings. The van der Waals surface area contributed by atoms with E-state index in [-0.39, 0.29) is 5.84 Å². The Morgan fingerprint density at radius 3 is 1.83 bits per heavy atom. The van der Waals surface area contributed by atoms with E-state index in [1.165, 1.54) is 38.6 Å². The predicted octanol–water partition coefficient (Wildman–Crippen LogP) is 15.8. The Morgan fingerprint density at radius 2 is 1.03 bits per heavy atom. The SMILES string of the molecule is [C-]#[N+]c1cccc(-c2ccccc2C=NC(=NC(=N)c2ccccc2)c2ccc3ccccc3c2)c1-c1ccccc1-c1cccc(-c2ccc3c4c(cccc24)-c2ccccc2-3)c1. The summed E-state index contributed by atoms with van der Waals surface area (Å²) in [6.45, 7) is 8.42. The van der Waals surface area contributed by atoms with E-state index in [1.807, 2.05) is 85.1 Å². The second-order valence-corrected chi connectivity index (χ2v) is 15.9. The summed E-state index contributed by atoms with van der Waals surface area (Å²) < 4.78 is 0. The molecule has 1 N–H and O–H groups in total. The van der Waals surface area contributed by atoms with Crippen LogP contribution < -0.4 is 0 Å². The van der Waals surface area contributed by atoms with Gasteiger partial charge >= 0.3 is 0 Å². The van der Waals surface area contributed by atoms with Crippen molar-refractivity contribution in [2.45, 2.75) is 0 Å². The molecule has 0 atom stereocenters. The molecule has 0 radical (unpaired) electrons. The summed E-state index contributed by atoms with van der Waals surface area (Å²) in [5, 5.41) is 13.7. The fourth-order valence-corrected chi connectivity index (χ4v) is 9.26. The van der Waals surface area contributed by atoms with Gasteiger partial charge in [-0.25, -0.2) is 14.8 Å². The first-order chi connectivity index (χ1) is 31.6. The van der Waals surface area contributed by atoms with Crippen LogP contribution in [0, 0.1) is 12.0 Å². The molecule has 0 bridgehead atoms.